The first kappa shape index (κ1) is 15.7. The molecule has 0 fully saturated rings. The summed E-state index contributed by atoms with van der Waals surface area (Å²) in [6.45, 7) is 5.56. The van der Waals surface area contributed by atoms with Gasteiger partial charge in [-0.3, -0.25) is 0 Å². The molecule has 0 radical (unpaired) electrons. The summed E-state index contributed by atoms with van der Waals surface area (Å²) in [5.74, 6) is 0. The number of aryl methyl sites for hydroxylation is 2. The Morgan fingerprint density at radius 1 is 0.913 bits per heavy atom. The predicted molar refractivity (Wildman–Crippen MR) is 96.5 cm³/mol. The van der Waals surface area contributed by atoms with Crippen molar-refractivity contribution in [3.8, 4) is 0 Å². The van der Waals surface area contributed by atoms with E-state index in [0.717, 1.165) is 12.1 Å². The van der Waals surface area contributed by atoms with Crippen LogP contribution in [-0.2, 0) is 6.54 Å². The fourth-order valence-electron chi connectivity index (χ4n) is 2.92. The monoisotopic (exact) mass is 305 g/mol. The van der Waals surface area contributed by atoms with E-state index in [9.17, 15) is 5.11 Å². The highest BCUT2D eigenvalue weighted by molar-refractivity contribution is 5.83. The molecule has 1 unspecified atom stereocenters. The number of fused-ring (bicyclic) bond motifs is 1. The van der Waals surface area contributed by atoms with E-state index in [4.69, 9.17) is 0 Å². The standard InChI is InChI=1S/C21H23NO/c1-15-7-8-20(16(2)11-15)13-22-14-21(23)19-10-9-17-5-3-4-6-18(17)12-19/h3-12,21-23H,13-14H2,1-2H3. The molecule has 0 aliphatic rings. The zero-order valence-electron chi connectivity index (χ0n) is 13.7. The Balaban J connectivity index is 1.63. The Morgan fingerprint density at radius 2 is 1.70 bits per heavy atom. The van der Waals surface area contributed by atoms with E-state index in [0.29, 0.717) is 6.54 Å². The van der Waals surface area contributed by atoms with Gasteiger partial charge in [-0.2, -0.15) is 0 Å². The molecular formula is C21H23NO. The SMILES string of the molecule is Cc1ccc(CNCC(O)c2ccc3ccccc3c2)c(C)c1. The minimum absolute atomic E-state index is 0.495. The Morgan fingerprint density at radius 3 is 2.48 bits per heavy atom. The zero-order valence-corrected chi connectivity index (χ0v) is 13.7. The number of hydrogen-bond acceptors (Lipinski definition) is 2. The summed E-state index contributed by atoms with van der Waals surface area (Å²) in [5, 5.41) is 16.1. The zero-order chi connectivity index (χ0) is 16.2. The van der Waals surface area contributed by atoms with Crippen molar-refractivity contribution >= 4 is 10.8 Å². The number of benzene rings is 3. The molecule has 0 bridgehead atoms. The minimum Gasteiger partial charge on any atom is -0.387 e. The van der Waals surface area contributed by atoms with Crippen LogP contribution in [0.1, 0.15) is 28.4 Å². The van der Waals surface area contributed by atoms with Crippen molar-refractivity contribution in [3.63, 3.8) is 0 Å². The summed E-state index contributed by atoms with van der Waals surface area (Å²) in [6.07, 6.45) is -0.495. The molecule has 0 saturated carbocycles. The first-order valence-corrected chi connectivity index (χ1v) is 8.07. The van der Waals surface area contributed by atoms with Gasteiger partial charge in [0.25, 0.3) is 0 Å². The van der Waals surface area contributed by atoms with E-state index in [-0.39, 0.29) is 0 Å². The molecule has 0 aliphatic heterocycles. The molecule has 2 heteroatoms. The van der Waals surface area contributed by atoms with Gasteiger partial charge in [-0.1, -0.05) is 60.2 Å². The lowest BCUT2D eigenvalue weighted by atomic mass is 10.0. The Labute approximate surface area is 137 Å². The van der Waals surface area contributed by atoms with Crippen LogP contribution in [-0.4, -0.2) is 11.7 Å². The molecule has 118 valence electrons. The quantitative estimate of drug-likeness (QED) is 0.737. The maximum atomic E-state index is 10.4. The van der Waals surface area contributed by atoms with Crippen molar-refractivity contribution in [2.75, 3.05) is 6.54 Å². The second kappa shape index (κ2) is 6.95. The third-order valence-corrected chi connectivity index (χ3v) is 4.31. The first-order valence-electron chi connectivity index (χ1n) is 8.07. The van der Waals surface area contributed by atoms with Crippen molar-refractivity contribution in [2.45, 2.75) is 26.5 Å². The Bertz CT molecular complexity index is 810. The number of aliphatic hydroxyl groups excluding tert-OH is 1. The van der Waals surface area contributed by atoms with Crippen LogP contribution < -0.4 is 5.32 Å². The molecule has 3 aromatic rings. The summed E-state index contributed by atoms with van der Waals surface area (Å²) in [4.78, 5) is 0. The van der Waals surface area contributed by atoms with Gasteiger partial charge in [0.05, 0.1) is 6.10 Å². The van der Waals surface area contributed by atoms with Crippen LogP contribution in [0, 0.1) is 13.8 Å². The molecule has 0 aromatic heterocycles. The molecule has 0 amide bonds. The molecule has 0 spiro atoms. The van der Waals surface area contributed by atoms with Crippen molar-refractivity contribution in [3.05, 3.63) is 82.9 Å². The van der Waals surface area contributed by atoms with Crippen molar-refractivity contribution < 1.29 is 5.11 Å². The van der Waals surface area contributed by atoms with Crippen LogP contribution in [0.3, 0.4) is 0 Å². The molecule has 23 heavy (non-hydrogen) atoms. The highest BCUT2D eigenvalue weighted by Gasteiger charge is 2.08. The predicted octanol–water partition coefficient (Wildman–Crippen LogP) is 4.28. The lowest BCUT2D eigenvalue weighted by Crippen LogP contribution is -2.21. The minimum atomic E-state index is -0.495. The van der Waals surface area contributed by atoms with Gasteiger partial charge < -0.3 is 10.4 Å². The fourth-order valence-corrected chi connectivity index (χ4v) is 2.92. The largest absolute Gasteiger partial charge is 0.387 e. The van der Waals surface area contributed by atoms with Gasteiger partial charge in [0.2, 0.25) is 0 Å². The molecule has 0 saturated heterocycles. The molecular weight excluding hydrogens is 282 g/mol. The summed E-state index contributed by atoms with van der Waals surface area (Å²) in [7, 11) is 0. The number of rotatable bonds is 5. The van der Waals surface area contributed by atoms with Crippen LogP contribution in [0.5, 0.6) is 0 Å². The molecule has 0 aliphatic carbocycles. The summed E-state index contributed by atoms with van der Waals surface area (Å²) in [6, 6.07) is 20.8. The highest BCUT2D eigenvalue weighted by Crippen LogP contribution is 2.20. The van der Waals surface area contributed by atoms with E-state index in [1.54, 1.807) is 0 Å². The van der Waals surface area contributed by atoms with Crippen LogP contribution >= 0.6 is 0 Å². The van der Waals surface area contributed by atoms with Crippen molar-refractivity contribution in [2.24, 2.45) is 0 Å². The second-order valence-electron chi connectivity index (χ2n) is 6.18. The van der Waals surface area contributed by atoms with E-state index in [1.165, 1.54) is 27.5 Å². The topological polar surface area (TPSA) is 32.3 Å². The van der Waals surface area contributed by atoms with Crippen LogP contribution in [0.4, 0.5) is 0 Å². The van der Waals surface area contributed by atoms with Gasteiger partial charge in [0.15, 0.2) is 0 Å². The van der Waals surface area contributed by atoms with Crippen LogP contribution in [0.2, 0.25) is 0 Å². The maximum absolute atomic E-state index is 10.4. The van der Waals surface area contributed by atoms with Gasteiger partial charge in [0.1, 0.15) is 0 Å². The Kier molecular flexibility index (Phi) is 4.75. The molecule has 1 atom stereocenters. The smallest absolute Gasteiger partial charge is 0.0914 e. The van der Waals surface area contributed by atoms with E-state index in [1.807, 2.05) is 18.2 Å². The average Bonchev–Trinajstić information content (AvgIpc) is 2.56. The maximum Gasteiger partial charge on any atom is 0.0914 e. The normalized spacial score (nSPS) is 12.5. The van der Waals surface area contributed by atoms with E-state index in [2.05, 4.69) is 61.6 Å². The van der Waals surface area contributed by atoms with Crippen LogP contribution in [0.25, 0.3) is 10.8 Å². The third kappa shape index (κ3) is 3.79. The van der Waals surface area contributed by atoms with E-state index < -0.39 is 6.10 Å². The van der Waals surface area contributed by atoms with Gasteiger partial charge in [-0.05, 0) is 47.4 Å². The van der Waals surface area contributed by atoms with Crippen molar-refractivity contribution in [1.82, 2.24) is 5.32 Å². The summed E-state index contributed by atoms with van der Waals surface area (Å²) < 4.78 is 0. The molecule has 2 nitrogen and oxygen atoms in total. The van der Waals surface area contributed by atoms with Crippen LogP contribution in [0.15, 0.2) is 60.7 Å². The lowest BCUT2D eigenvalue weighted by Gasteiger charge is -2.14. The van der Waals surface area contributed by atoms with Gasteiger partial charge in [-0.15, -0.1) is 0 Å². The third-order valence-electron chi connectivity index (χ3n) is 4.31. The Hall–Kier alpha value is -2.16. The fraction of sp³-hybridized carbons (Fsp3) is 0.238. The average molecular weight is 305 g/mol. The summed E-state index contributed by atoms with van der Waals surface area (Å²) >= 11 is 0. The van der Waals surface area contributed by atoms with E-state index >= 15 is 0 Å². The summed E-state index contributed by atoms with van der Waals surface area (Å²) in [5.41, 5.74) is 4.80. The number of hydrogen-bond donors (Lipinski definition) is 2. The van der Waals surface area contributed by atoms with Gasteiger partial charge in [0, 0.05) is 13.1 Å². The lowest BCUT2D eigenvalue weighted by molar-refractivity contribution is 0.174. The molecule has 2 N–H and O–H groups in total. The van der Waals surface area contributed by atoms with Gasteiger partial charge in [-0.25, -0.2) is 0 Å². The molecule has 3 rings (SSSR count). The molecule has 0 heterocycles. The first-order chi connectivity index (χ1) is 11.1. The number of nitrogens with one attached hydrogen (secondary N) is 1. The van der Waals surface area contributed by atoms with Crippen molar-refractivity contribution in [1.29, 1.82) is 0 Å². The highest BCUT2D eigenvalue weighted by atomic mass is 16.3. The molecule has 3 aromatic carbocycles. The number of aliphatic hydroxyl groups is 1. The second-order valence-corrected chi connectivity index (χ2v) is 6.18. The van der Waals surface area contributed by atoms with Gasteiger partial charge >= 0.3 is 0 Å².